The number of hydrogen-bond donors (Lipinski definition) is 2. The first-order chi connectivity index (χ1) is 11.9. The van der Waals surface area contributed by atoms with Gasteiger partial charge in [-0.1, -0.05) is 41.4 Å². The van der Waals surface area contributed by atoms with E-state index >= 15 is 0 Å². The van der Waals surface area contributed by atoms with Gasteiger partial charge in [0.15, 0.2) is 0 Å². The van der Waals surface area contributed by atoms with Crippen LogP contribution in [0.2, 0.25) is 10.0 Å². The first kappa shape index (κ1) is 18.0. The fourth-order valence-electron chi connectivity index (χ4n) is 3.06. The summed E-state index contributed by atoms with van der Waals surface area (Å²) in [6.07, 6.45) is 0. The second-order valence-electron chi connectivity index (χ2n) is 6.13. The molecule has 0 aliphatic carbocycles. The average Bonchev–Trinajstić information content (AvgIpc) is 2.94. The molecule has 1 aliphatic rings. The molecule has 1 saturated heterocycles. The van der Waals surface area contributed by atoms with Crippen LogP contribution in [0.25, 0.3) is 0 Å². The van der Waals surface area contributed by atoms with Gasteiger partial charge < -0.3 is 16.0 Å². The fraction of sp³-hybridized carbons (Fsp3) is 0.278. The Kier molecular flexibility index (Phi) is 5.47. The van der Waals surface area contributed by atoms with Crippen LogP contribution in [0.4, 0.5) is 9.18 Å². The minimum atomic E-state index is -0.326. The second kappa shape index (κ2) is 7.60. The lowest BCUT2D eigenvalue weighted by Gasteiger charge is -2.18. The normalized spacial score (nSPS) is 19.9. The average molecular weight is 382 g/mol. The van der Waals surface area contributed by atoms with Crippen LogP contribution in [-0.4, -0.2) is 30.1 Å². The van der Waals surface area contributed by atoms with E-state index in [0.717, 1.165) is 5.56 Å². The lowest BCUT2D eigenvalue weighted by Crippen LogP contribution is -2.39. The first-order valence-electron chi connectivity index (χ1n) is 7.92. The predicted octanol–water partition coefficient (Wildman–Crippen LogP) is 3.77. The Hall–Kier alpha value is -1.82. The third-order valence-electron chi connectivity index (χ3n) is 4.35. The quantitative estimate of drug-likeness (QED) is 0.849. The van der Waals surface area contributed by atoms with Crippen LogP contribution < -0.4 is 11.1 Å². The summed E-state index contributed by atoms with van der Waals surface area (Å²) >= 11 is 12.2. The lowest BCUT2D eigenvalue weighted by atomic mass is 9.95. The zero-order valence-corrected chi connectivity index (χ0v) is 14.9. The number of benzene rings is 2. The summed E-state index contributed by atoms with van der Waals surface area (Å²) in [5, 5.41) is 3.91. The van der Waals surface area contributed by atoms with E-state index in [2.05, 4.69) is 5.32 Å². The molecule has 0 bridgehead atoms. The van der Waals surface area contributed by atoms with Crippen molar-refractivity contribution in [3.8, 4) is 0 Å². The van der Waals surface area contributed by atoms with E-state index in [0.29, 0.717) is 28.7 Å². The van der Waals surface area contributed by atoms with Crippen LogP contribution >= 0.6 is 23.2 Å². The maximum absolute atomic E-state index is 13.2. The summed E-state index contributed by atoms with van der Waals surface area (Å²) in [4.78, 5) is 14.0. The Morgan fingerprint density at radius 3 is 2.76 bits per heavy atom. The van der Waals surface area contributed by atoms with Crippen LogP contribution in [0.1, 0.15) is 17.0 Å². The molecule has 1 heterocycles. The van der Waals surface area contributed by atoms with Gasteiger partial charge in [0.2, 0.25) is 0 Å². The number of nitrogens with zero attached hydrogens (tertiary/aromatic N) is 1. The number of carbonyl (C=O) groups is 1. The third kappa shape index (κ3) is 4.24. The number of halogens is 3. The molecule has 1 aliphatic heterocycles. The van der Waals surface area contributed by atoms with Crippen LogP contribution in [0.15, 0.2) is 42.5 Å². The Morgan fingerprint density at radius 2 is 2.04 bits per heavy atom. The fourth-order valence-corrected chi connectivity index (χ4v) is 3.61. The number of urea groups is 1. The van der Waals surface area contributed by atoms with Gasteiger partial charge in [-0.3, -0.25) is 0 Å². The van der Waals surface area contributed by atoms with Crippen LogP contribution in [0, 0.1) is 5.82 Å². The largest absolute Gasteiger partial charge is 0.334 e. The van der Waals surface area contributed by atoms with Crippen molar-refractivity contribution in [2.45, 2.75) is 18.5 Å². The summed E-state index contributed by atoms with van der Waals surface area (Å²) in [6, 6.07) is 11.0. The van der Waals surface area contributed by atoms with E-state index < -0.39 is 0 Å². The first-order valence-corrected chi connectivity index (χ1v) is 8.67. The molecule has 2 aromatic carbocycles. The highest BCUT2D eigenvalue weighted by molar-refractivity contribution is 6.35. The standard InChI is InChI=1S/C18H18Cl2FN3O/c19-12-4-5-14(16(20)7-12)15-9-24(10-17(15)22)18(25)23-8-11-2-1-3-13(21)6-11/h1-7,15,17H,8-10,22H2,(H,23,25)/t15-,17+/m1/s1. The molecule has 4 nitrogen and oxygen atoms in total. The van der Waals surface area contributed by atoms with Crippen LogP contribution in [-0.2, 0) is 6.54 Å². The van der Waals surface area contributed by atoms with Gasteiger partial charge >= 0.3 is 6.03 Å². The van der Waals surface area contributed by atoms with Gasteiger partial charge in [-0.05, 0) is 35.4 Å². The number of nitrogens with two attached hydrogens (primary N) is 1. The van der Waals surface area contributed by atoms with Crippen molar-refractivity contribution in [1.29, 1.82) is 0 Å². The minimum Gasteiger partial charge on any atom is -0.334 e. The molecular weight excluding hydrogens is 364 g/mol. The third-order valence-corrected chi connectivity index (χ3v) is 4.91. The minimum absolute atomic E-state index is 0.0512. The Balaban J connectivity index is 1.63. The summed E-state index contributed by atoms with van der Waals surface area (Å²) in [6.45, 7) is 1.16. The molecule has 25 heavy (non-hydrogen) atoms. The Labute approximate surface area is 155 Å². The maximum atomic E-state index is 13.2. The van der Waals surface area contributed by atoms with Gasteiger partial charge in [-0.15, -0.1) is 0 Å². The van der Waals surface area contributed by atoms with Gasteiger partial charge in [0, 0.05) is 41.6 Å². The molecule has 132 valence electrons. The smallest absolute Gasteiger partial charge is 0.317 e. The van der Waals surface area contributed by atoms with Crippen molar-refractivity contribution in [3.63, 3.8) is 0 Å². The van der Waals surface area contributed by atoms with E-state index in [1.54, 1.807) is 29.2 Å². The number of amides is 2. The molecule has 3 N–H and O–H groups in total. The number of hydrogen-bond acceptors (Lipinski definition) is 2. The molecular formula is C18H18Cl2FN3O. The van der Waals surface area contributed by atoms with E-state index in [4.69, 9.17) is 28.9 Å². The zero-order chi connectivity index (χ0) is 18.0. The Morgan fingerprint density at radius 1 is 1.24 bits per heavy atom. The van der Waals surface area contributed by atoms with E-state index in [1.165, 1.54) is 12.1 Å². The Bertz CT molecular complexity index is 787. The summed E-state index contributed by atoms with van der Waals surface area (Å²) < 4.78 is 13.2. The number of carbonyl (C=O) groups excluding carboxylic acids is 1. The van der Waals surface area contributed by atoms with Crippen molar-refractivity contribution in [2.75, 3.05) is 13.1 Å². The van der Waals surface area contributed by atoms with Gasteiger partial charge in [0.1, 0.15) is 5.82 Å². The monoisotopic (exact) mass is 381 g/mol. The zero-order valence-electron chi connectivity index (χ0n) is 13.4. The van der Waals surface area contributed by atoms with Crippen molar-refractivity contribution in [3.05, 3.63) is 69.5 Å². The van der Waals surface area contributed by atoms with Gasteiger partial charge in [0.25, 0.3) is 0 Å². The molecule has 0 unspecified atom stereocenters. The van der Waals surface area contributed by atoms with Gasteiger partial charge in [-0.2, -0.15) is 0 Å². The van der Waals surface area contributed by atoms with Crippen LogP contribution in [0.3, 0.4) is 0 Å². The van der Waals surface area contributed by atoms with Gasteiger partial charge in [0.05, 0.1) is 0 Å². The van der Waals surface area contributed by atoms with Crippen molar-refractivity contribution in [1.82, 2.24) is 10.2 Å². The van der Waals surface area contributed by atoms with Gasteiger partial charge in [-0.25, -0.2) is 9.18 Å². The highest BCUT2D eigenvalue weighted by Crippen LogP contribution is 2.33. The second-order valence-corrected chi connectivity index (χ2v) is 6.97. The summed E-state index contributed by atoms with van der Waals surface area (Å²) in [5.41, 5.74) is 7.80. The van der Waals surface area contributed by atoms with Crippen molar-refractivity contribution < 1.29 is 9.18 Å². The SMILES string of the molecule is N[C@H]1CN(C(=O)NCc2cccc(F)c2)C[C@@H]1c1ccc(Cl)cc1Cl. The highest BCUT2D eigenvalue weighted by Gasteiger charge is 2.34. The lowest BCUT2D eigenvalue weighted by molar-refractivity contribution is 0.207. The highest BCUT2D eigenvalue weighted by atomic mass is 35.5. The molecule has 2 amide bonds. The molecule has 2 atom stereocenters. The predicted molar refractivity (Wildman–Crippen MR) is 97.4 cm³/mol. The van der Waals surface area contributed by atoms with Crippen molar-refractivity contribution in [2.24, 2.45) is 5.73 Å². The van der Waals surface area contributed by atoms with E-state index in [1.807, 2.05) is 6.07 Å². The molecule has 2 aromatic rings. The molecule has 0 radical (unpaired) electrons. The van der Waals surface area contributed by atoms with E-state index in [9.17, 15) is 9.18 Å². The number of nitrogens with one attached hydrogen (secondary N) is 1. The van der Waals surface area contributed by atoms with E-state index in [-0.39, 0.29) is 30.4 Å². The summed E-state index contributed by atoms with van der Waals surface area (Å²) in [7, 11) is 0. The molecule has 1 fully saturated rings. The number of rotatable bonds is 3. The molecule has 0 aromatic heterocycles. The topological polar surface area (TPSA) is 58.4 Å². The molecule has 0 spiro atoms. The number of likely N-dealkylation sites (tertiary alicyclic amines) is 1. The molecule has 3 rings (SSSR count). The summed E-state index contributed by atoms with van der Waals surface area (Å²) in [5.74, 6) is -0.378. The molecule has 0 saturated carbocycles. The molecule has 7 heteroatoms. The maximum Gasteiger partial charge on any atom is 0.317 e. The van der Waals surface area contributed by atoms with Crippen LogP contribution in [0.5, 0.6) is 0 Å². The van der Waals surface area contributed by atoms with Crippen molar-refractivity contribution >= 4 is 29.2 Å².